The highest BCUT2D eigenvalue weighted by molar-refractivity contribution is 5.68. The molecule has 2 rings (SSSR count). The third kappa shape index (κ3) is 4.72. The minimum Gasteiger partial charge on any atom is -0.480 e. The second-order valence-corrected chi connectivity index (χ2v) is 5.96. The molecule has 2 saturated heterocycles. The van der Waals surface area contributed by atoms with Crippen molar-refractivity contribution in [3.05, 3.63) is 0 Å². The first-order valence-corrected chi connectivity index (χ1v) is 7.99. The van der Waals surface area contributed by atoms with Crippen molar-refractivity contribution in [2.45, 2.75) is 51.2 Å². The summed E-state index contributed by atoms with van der Waals surface area (Å²) in [7, 11) is 0. The molecule has 1 atom stereocenters. The van der Waals surface area contributed by atoms with Crippen molar-refractivity contribution in [2.24, 2.45) is 0 Å². The van der Waals surface area contributed by atoms with Gasteiger partial charge in [0.25, 0.3) is 0 Å². The number of piperidine rings is 1. The highest BCUT2D eigenvalue weighted by Gasteiger charge is 2.27. The van der Waals surface area contributed by atoms with Gasteiger partial charge in [-0.15, -0.1) is 0 Å². The van der Waals surface area contributed by atoms with Crippen LogP contribution in [0.1, 0.15) is 39.0 Å². The van der Waals surface area contributed by atoms with Gasteiger partial charge < -0.3 is 19.6 Å². The lowest BCUT2D eigenvalue weighted by Gasteiger charge is -2.37. The van der Waals surface area contributed by atoms with Crippen molar-refractivity contribution in [2.75, 3.05) is 39.3 Å². The van der Waals surface area contributed by atoms with Crippen LogP contribution in [0.3, 0.4) is 0 Å². The van der Waals surface area contributed by atoms with Gasteiger partial charge in [-0.1, -0.05) is 6.92 Å². The van der Waals surface area contributed by atoms with E-state index in [1.165, 1.54) is 32.4 Å². The lowest BCUT2D eigenvalue weighted by molar-refractivity contribution is -0.145. The Morgan fingerprint density at radius 1 is 1.15 bits per heavy atom. The third-order valence-electron chi connectivity index (χ3n) is 4.67. The van der Waals surface area contributed by atoms with E-state index in [1.54, 1.807) is 0 Å². The minimum atomic E-state index is -0.865. The van der Waals surface area contributed by atoms with Gasteiger partial charge in [-0.05, 0) is 51.7 Å². The fourth-order valence-electron chi connectivity index (χ4n) is 3.42. The zero-order chi connectivity index (χ0) is 14.4. The van der Waals surface area contributed by atoms with Crippen LogP contribution in [0.25, 0.3) is 0 Å². The molecule has 2 aliphatic heterocycles. The Hall–Kier alpha value is -0.650. The van der Waals surface area contributed by atoms with Crippen LogP contribution in [0.15, 0.2) is 0 Å². The minimum absolute atomic E-state index is 0.139. The van der Waals surface area contributed by atoms with E-state index >= 15 is 0 Å². The van der Waals surface area contributed by atoms with Gasteiger partial charge in [-0.25, -0.2) is 4.79 Å². The Kier molecular flexibility index (Phi) is 6.26. The molecule has 0 aromatic heterocycles. The highest BCUT2D eigenvalue weighted by atomic mass is 16.5. The Labute approximate surface area is 121 Å². The lowest BCUT2D eigenvalue weighted by atomic mass is 10.0. The fraction of sp³-hybridized carbons (Fsp3) is 0.933. The summed E-state index contributed by atoms with van der Waals surface area (Å²) in [5, 5.41) is 8.64. The monoisotopic (exact) mass is 284 g/mol. The predicted molar refractivity (Wildman–Crippen MR) is 77.9 cm³/mol. The van der Waals surface area contributed by atoms with Crippen molar-refractivity contribution in [3.63, 3.8) is 0 Å². The topological polar surface area (TPSA) is 53.0 Å². The van der Waals surface area contributed by atoms with Crippen molar-refractivity contribution >= 4 is 5.97 Å². The summed E-state index contributed by atoms with van der Waals surface area (Å²) in [6, 6.07) is 0.715. The number of carboxylic acids is 1. The van der Waals surface area contributed by atoms with Gasteiger partial charge in [0, 0.05) is 19.1 Å². The number of carbonyl (C=O) groups is 1. The van der Waals surface area contributed by atoms with Crippen molar-refractivity contribution in [1.82, 2.24) is 9.80 Å². The predicted octanol–water partition coefficient (Wildman–Crippen LogP) is 1.43. The molecule has 0 spiro atoms. The first kappa shape index (κ1) is 15.7. The average Bonchev–Trinajstić information content (AvgIpc) is 2.71. The van der Waals surface area contributed by atoms with Gasteiger partial charge in [-0.3, -0.25) is 0 Å². The molecule has 5 heteroatoms. The van der Waals surface area contributed by atoms with Crippen LogP contribution in [0, 0.1) is 0 Å². The average molecular weight is 284 g/mol. The first-order valence-electron chi connectivity index (χ1n) is 7.99. The highest BCUT2D eigenvalue weighted by Crippen LogP contribution is 2.22. The number of nitrogens with zero attached hydrogens (tertiary/aromatic N) is 2. The summed E-state index contributed by atoms with van der Waals surface area (Å²) >= 11 is 0. The Bertz CT molecular complexity index is 303. The Morgan fingerprint density at radius 3 is 2.55 bits per heavy atom. The van der Waals surface area contributed by atoms with E-state index in [2.05, 4.69) is 16.7 Å². The second kappa shape index (κ2) is 7.96. The van der Waals surface area contributed by atoms with Crippen molar-refractivity contribution < 1.29 is 14.6 Å². The molecular weight excluding hydrogens is 256 g/mol. The molecule has 0 amide bonds. The zero-order valence-corrected chi connectivity index (χ0v) is 12.6. The number of carboxylic acid groups (broad SMARTS) is 1. The molecule has 0 aliphatic carbocycles. The van der Waals surface area contributed by atoms with E-state index in [0.717, 1.165) is 32.5 Å². The fourth-order valence-corrected chi connectivity index (χ4v) is 3.42. The van der Waals surface area contributed by atoms with Crippen LogP contribution >= 0.6 is 0 Å². The summed E-state index contributed by atoms with van der Waals surface area (Å²) in [5.41, 5.74) is 0. The van der Waals surface area contributed by atoms with Crippen LogP contribution in [0.5, 0.6) is 0 Å². The number of rotatable bonds is 5. The molecule has 0 aromatic rings. The van der Waals surface area contributed by atoms with E-state index in [4.69, 9.17) is 9.84 Å². The number of hydrogen-bond donors (Lipinski definition) is 1. The quantitative estimate of drug-likeness (QED) is 0.827. The van der Waals surface area contributed by atoms with E-state index in [1.807, 2.05) is 0 Å². The second-order valence-electron chi connectivity index (χ2n) is 5.96. The molecule has 1 N–H and O–H groups in total. The van der Waals surface area contributed by atoms with E-state index in [0.29, 0.717) is 6.04 Å². The lowest BCUT2D eigenvalue weighted by Crippen LogP contribution is -2.44. The van der Waals surface area contributed by atoms with Gasteiger partial charge in [0.05, 0.1) is 6.10 Å². The summed E-state index contributed by atoms with van der Waals surface area (Å²) < 4.78 is 5.40. The van der Waals surface area contributed by atoms with E-state index in [-0.39, 0.29) is 12.7 Å². The van der Waals surface area contributed by atoms with Crippen molar-refractivity contribution in [3.8, 4) is 0 Å². The summed E-state index contributed by atoms with van der Waals surface area (Å²) in [4.78, 5) is 15.7. The standard InChI is InChI=1S/C15H28N2O3/c1-2-16-8-3-4-13(5-9-16)17-10-6-14(7-11-17)20-12-15(18)19/h13-14H,2-12H2,1H3,(H,18,19). The van der Waals surface area contributed by atoms with Gasteiger partial charge in [0.2, 0.25) is 0 Å². The number of hydrogen-bond acceptors (Lipinski definition) is 4. The maximum atomic E-state index is 10.5. The molecule has 0 radical (unpaired) electrons. The molecule has 2 fully saturated rings. The zero-order valence-electron chi connectivity index (χ0n) is 12.6. The molecule has 5 nitrogen and oxygen atoms in total. The number of ether oxygens (including phenoxy) is 1. The van der Waals surface area contributed by atoms with E-state index in [9.17, 15) is 4.79 Å². The smallest absolute Gasteiger partial charge is 0.329 e. The molecule has 0 saturated carbocycles. The third-order valence-corrected chi connectivity index (χ3v) is 4.67. The molecule has 1 unspecified atom stereocenters. The summed E-state index contributed by atoms with van der Waals surface area (Å²) in [5.74, 6) is -0.865. The molecule has 2 heterocycles. The van der Waals surface area contributed by atoms with Crippen LogP contribution in [-0.2, 0) is 9.53 Å². The molecular formula is C15H28N2O3. The van der Waals surface area contributed by atoms with Crippen LogP contribution in [-0.4, -0.2) is 72.4 Å². The largest absolute Gasteiger partial charge is 0.480 e. The van der Waals surface area contributed by atoms with Gasteiger partial charge in [0.1, 0.15) is 6.61 Å². The number of aliphatic carboxylic acids is 1. The maximum Gasteiger partial charge on any atom is 0.329 e. The normalized spacial score (nSPS) is 27.4. The summed E-state index contributed by atoms with van der Waals surface area (Å²) in [6.45, 7) is 7.83. The first-order chi connectivity index (χ1) is 9.69. The number of likely N-dealkylation sites (tertiary alicyclic amines) is 2. The molecule has 0 bridgehead atoms. The van der Waals surface area contributed by atoms with E-state index < -0.39 is 5.97 Å². The molecule has 20 heavy (non-hydrogen) atoms. The van der Waals surface area contributed by atoms with Gasteiger partial charge >= 0.3 is 5.97 Å². The van der Waals surface area contributed by atoms with Crippen LogP contribution in [0.2, 0.25) is 0 Å². The Morgan fingerprint density at radius 2 is 1.90 bits per heavy atom. The molecule has 2 aliphatic rings. The molecule has 116 valence electrons. The maximum absolute atomic E-state index is 10.5. The van der Waals surface area contributed by atoms with Crippen LogP contribution in [0.4, 0.5) is 0 Å². The van der Waals surface area contributed by atoms with Crippen molar-refractivity contribution in [1.29, 1.82) is 0 Å². The SMILES string of the molecule is CCN1CCCC(N2CCC(OCC(=O)O)CC2)CC1. The Balaban J connectivity index is 1.71. The van der Waals surface area contributed by atoms with Gasteiger partial charge in [-0.2, -0.15) is 0 Å². The molecule has 0 aromatic carbocycles. The summed E-state index contributed by atoms with van der Waals surface area (Å²) in [6.07, 6.45) is 5.96. The van der Waals surface area contributed by atoms with Crippen LogP contribution < -0.4 is 0 Å². The van der Waals surface area contributed by atoms with Gasteiger partial charge in [0.15, 0.2) is 0 Å².